The van der Waals surface area contributed by atoms with Crippen LogP contribution < -0.4 is 10.2 Å². The summed E-state index contributed by atoms with van der Waals surface area (Å²) in [6.45, 7) is 6.73. The molecule has 2 fully saturated rings. The smallest absolute Gasteiger partial charge is 0.168 e. The molecule has 4 heterocycles. The van der Waals surface area contributed by atoms with Crippen molar-refractivity contribution in [3.05, 3.63) is 65.8 Å². The van der Waals surface area contributed by atoms with E-state index in [1.165, 1.54) is 50.1 Å². The fraction of sp³-hybridized carbons (Fsp3) is 0.370. The summed E-state index contributed by atoms with van der Waals surface area (Å²) >= 11 is 6.19. The average molecular weight is 521 g/mol. The van der Waals surface area contributed by atoms with Crippen molar-refractivity contribution in [1.82, 2.24) is 29.5 Å². The van der Waals surface area contributed by atoms with E-state index >= 15 is 0 Å². The van der Waals surface area contributed by atoms with E-state index in [1.807, 2.05) is 0 Å². The highest BCUT2D eigenvalue weighted by Crippen LogP contribution is 2.29. The van der Waals surface area contributed by atoms with Gasteiger partial charge in [-0.25, -0.2) is 19.0 Å². The maximum Gasteiger partial charge on any atom is 0.168 e. The van der Waals surface area contributed by atoms with Crippen molar-refractivity contribution in [1.29, 1.82) is 0 Å². The molecule has 1 N–H and O–H groups in total. The van der Waals surface area contributed by atoms with Crippen molar-refractivity contribution in [3.8, 4) is 5.69 Å². The standard InChI is InChI=1S/C27H30ClFN8/c1-34-10-8-21(9-11-34)36-14-12-35(13-15-36)20-3-5-22(6-4-20)37-27-23(17-32-37)26(30-18-31-27)33-25-7-2-19(29)16-24(25)28/h2-7,16-18,21H,8-15H2,1H3,(H,30,31,33). The predicted molar refractivity (Wildman–Crippen MR) is 146 cm³/mol. The van der Waals surface area contributed by atoms with Gasteiger partial charge in [0, 0.05) is 37.9 Å². The van der Waals surface area contributed by atoms with Crippen molar-refractivity contribution >= 4 is 39.8 Å². The first-order chi connectivity index (χ1) is 18.0. The first kappa shape index (κ1) is 24.1. The van der Waals surface area contributed by atoms with Crippen LogP contribution in [-0.2, 0) is 0 Å². The lowest BCUT2D eigenvalue weighted by Gasteiger charge is -2.42. The minimum atomic E-state index is -0.390. The Balaban J connectivity index is 1.15. The molecule has 4 aromatic rings. The van der Waals surface area contributed by atoms with E-state index in [4.69, 9.17) is 11.6 Å². The predicted octanol–water partition coefficient (Wildman–Crippen LogP) is 4.57. The van der Waals surface area contributed by atoms with E-state index in [0.717, 1.165) is 43.3 Å². The molecule has 0 spiro atoms. The number of nitrogens with one attached hydrogen (secondary N) is 1. The summed E-state index contributed by atoms with van der Waals surface area (Å²) in [5.41, 5.74) is 3.39. The van der Waals surface area contributed by atoms with Gasteiger partial charge in [0.2, 0.25) is 0 Å². The molecule has 6 rings (SSSR count). The lowest BCUT2D eigenvalue weighted by molar-refractivity contribution is 0.115. The van der Waals surface area contributed by atoms with Gasteiger partial charge in [0.15, 0.2) is 5.65 Å². The molecule has 0 aliphatic carbocycles. The lowest BCUT2D eigenvalue weighted by atomic mass is 10.0. The van der Waals surface area contributed by atoms with Crippen LogP contribution in [0.4, 0.5) is 21.6 Å². The number of anilines is 3. The highest BCUT2D eigenvalue weighted by Gasteiger charge is 2.26. The Kier molecular flexibility index (Phi) is 6.67. The molecule has 0 atom stereocenters. The van der Waals surface area contributed by atoms with Crippen LogP contribution in [0.5, 0.6) is 0 Å². The number of fused-ring (bicyclic) bond motifs is 1. The van der Waals surface area contributed by atoms with Crippen molar-refractivity contribution in [2.45, 2.75) is 18.9 Å². The minimum Gasteiger partial charge on any atom is -0.369 e. The number of likely N-dealkylation sites (tertiary alicyclic amines) is 1. The summed E-state index contributed by atoms with van der Waals surface area (Å²) in [6.07, 6.45) is 5.77. The van der Waals surface area contributed by atoms with Crippen molar-refractivity contribution in [2.24, 2.45) is 0 Å². The highest BCUT2D eigenvalue weighted by atomic mass is 35.5. The average Bonchev–Trinajstić information content (AvgIpc) is 3.36. The van der Waals surface area contributed by atoms with Crippen LogP contribution in [0.25, 0.3) is 16.7 Å². The number of aromatic nitrogens is 4. The Labute approximate surface area is 220 Å². The number of piperidine rings is 1. The fourth-order valence-corrected chi connectivity index (χ4v) is 5.58. The molecule has 0 radical (unpaired) electrons. The fourth-order valence-electron chi connectivity index (χ4n) is 5.36. The molecular weight excluding hydrogens is 491 g/mol. The zero-order valence-corrected chi connectivity index (χ0v) is 21.6. The summed E-state index contributed by atoms with van der Waals surface area (Å²) < 4.78 is 15.2. The molecule has 0 amide bonds. The number of benzene rings is 2. The van der Waals surface area contributed by atoms with Crippen molar-refractivity contribution in [2.75, 3.05) is 56.5 Å². The van der Waals surface area contributed by atoms with Crippen LogP contribution in [0.1, 0.15) is 12.8 Å². The number of hydrogen-bond donors (Lipinski definition) is 1. The topological polar surface area (TPSA) is 65.3 Å². The zero-order chi connectivity index (χ0) is 25.4. The Bertz CT molecular complexity index is 1380. The molecule has 2 aliphatic rings. The van der Waals surface area contributed by atoms with Crippen LogP contribution in [0.15, 0.2) is 55.0 Å². The number of piperazine rings is 1. The maximum absolute atomic E-state index is 13.4. The Morgan fingerprint density at radius 3 is 2.38 bits per heavy atom. The number of halogens is 2. The van der Waals surface area contributed by atoms with Gasteiger partial charge in [-0.05, 0) is 75.4 Å². The summed E-state index contributed by atoms with van der Waals surface area (Å²) in [5, 5.41) is 8.77. The minimum absolute atomic E-state index is 0.280. The molecule has 2 saturated heterocycles. The van der Waals surface area contributed by atoms with Crippen LogP contribution in [-0.4, -0.2) is 81.9 Å². The maximum atomic E-state index is 13.4. The van der Waals surface area contributed by atoms with Gasteiger partial charge in [0.05, 0.1) is 28.0 Å². The van der Waals surface area contributed by atoms with E-state index in [2.05, 4.69) is 66.4 Å². The summed E-state index contributed by atoms with van der Waals surface area (Å²) in [6, 6.07) is 13.4. The van der Waals surface area contributed by atoms with E-state index in [0.29, 0.717) is 17.2 Å². The molecular formula is C27H30ClFN8. The molecule has 192 valence electrons. The van der Waals surface area contributed by atoms with Gasteiger partial charge >= 0.3 is 0 Å². The van der Waals surface area contributed by atoms with Crippen LogP contribution in [0.2, 0.25) is 5.02 Å². The lowest BCUT2D eigenvalue weighted by Crippen LogP contribution is -2.53. The van der Waals surface area contributed by atoms with Gasteiger partial charge in [-0.15, -0.1) is 0 Å². The van der Waals surface area contributed by atoms with Gasteiger partial charge in [-0.2, -0.15) is 5.10 Å². The van der Waals surface area contributed by atoms with Crippen molar-refractivity contribution in [3.63, 3.8) is 0 Å². The molecule has 37 heavy (non-hydrogen) atoms. The van der Waals surface area contributed by atoms with E-state index in [9.17, 15) is 4.39 Å². The SMILES string of the molecule is CN1CCC(N2CCN(c3ccc(-n4ncc5c(Nc6ccc(F)cc6Cl)ncnc54)cc3)CC2)CC1. The first-order valence-electron chi connectivity index (χ1n) is 12.7. The second-order valence-electron chi connectivity index (χ2n) is 9.84. The Morgan fingerprint density at radius 1 is 0.919 bits per heavy atom. The van der Waals surface area contributed by atoms with Crippen LogP contribution in [0, 0.1) is 5.82 Å². The van der Waals surface area contributed by atoms with Gasteiger partial charge in [-0.1, -0.05) is 11.6 Å². The second kappa shape index (κ2) is 10.2. The van der Waals surface area contributed by atoms with Crippen LogP contribution >= 0.6 is 11.6 Å². The number of nitrogens with zero attached hydrogens (tertiary/aromatic N) is 7. The van der Waals surface area contributed by atoms with E-state index in [-0.39, 0.29) is 5.02 Å². The normalized spacial score (nSPS) is 18.0. The molecule has 2 aliphatic heterocycles. The second-order valence-corrected chi connectivity index (χ2v) is 10.2. The largest absolute Gasteiger partial charge is 0.369 e. The Hall–Kier alpha value is -3.27. The van der Waals surface area contributed by atoms with Crippen molar-refractivity contribution < 1.29 is 4.39 Å². The van der Waals surface area contributed by atoms with Gasteiger partial charge in [-0.3, -0.25) is 4.90 Å². The first-order valence-corrected chi connectivity index (χ1v) is 13.1. The molecule has 0 unspecified atom stereocenters. The molecule has 10 heteroatoms. The molecule has 2 aromatic carbocycles. The quantitative estimate of drug-likeness (QED) is 0.413. The Morgan fingerprint density at radius 2 is 1.65 bits per heavy atom. The van der Waals surface area contributed by atoms with Gasteiger partial charge < -0.3 is 15.1 Å². The molecule has 0 saturated carbocycles. The van der Waals surface area contributed by atoms with Gasteiger partial charge in [0.25, 0.3) is 0 Å². The summed E-state index contributed by atoms with van der Waals surface area (Å²) in [4.78, 5) is 16.4. The van der Waals surface area contributed by atoms with E-state index in [1.54, 1.807) is 16.9 Å². The highest BCUT2D eigenvalue weighted by molar-refractivity contribution is 6.33. The molecule has 0 bridgehead atoms. The third kappa shape index (κ3) is 4.99. The zero-order valence-electron chi connectivity index (χ0n) is 20.8. The third-order valence-corrected chi connectivity index (χ3v) is 7.84. The van der Waals surface area contributed by atoms with Crippen LogP contribution in [0.3, 0.4) is 0 Å². The summed E-state index contributed by atoms with van der Waals surface area (Å²) in [5.74, 6) is 0.169. The summed E-state index contributed by atoms with van der Waals surface area (Å²) in [7, 11) is 2.22. The molecule has 2 aromatic heterocycles. The molecule has 8 nitrogen and oxygen atoms in total. The van der Waals surface area contributed by atoms with Gasteiger partial charge in [0.1, 0.15) is 18.0 Å². The third-order valence-electron chi connectivity index (χ3n) is 7.53. The van der Waals surface area contributed by atoms with E-state index < -0.39 is 5.82 Å². The number of rotatable bonds is 5. The number of hydrogen-bond acceptors (Lipinski definition) is 7. The monoisotopic (exact) mass is 520 g/mol.